The molecule has 4 aliphatic rings. The summed E-state index contributed by atoms with van der Waals surface area (Å²) >= 11 is 9.51. The zero-order valence-corrected chi connectivity index (χ0v) is 26.4. The van der Waals surface area contributed by atoms with Gasteiger partial charge in [0.05, 0.1) is 29.7 Å². The Bertz CT molecular complexity index is 1850. The largest absolute Gasteiger partial charge is 0.497 e. The van der Waals surface area contributed by atoms with Crippen LogP contribution in [0.25, 0.3) is 0 Å². The smallest absolute Gasteiger partial charge is 0.305 e. The number of hydrogen-bond donors (Lipinski definition) is 1. The summed E-state index contributed by atoms with van der Waals surface area (Å²) in [5.41, 5.74) is 3.73. The van der Waals surface area contributed by atoms with Gasteiger partial charge in [-0.25, -0.2) is 0 Å². The SMILES string of the molecule is COc1ccc(N2C(=O)C3C4CC(C3C2=O)C2C4Sc3[nH]c(=O)sc3[C@@H]2c2cc(Cl)ccc2OCc2ccc(C)cc2)cc1. The molecule has 7 nitrogen and oxygen atoms in total. The number of anilines is 1. The normalized spacial score (nSPS) is 28.2. The molecule has 44 heavy (non-hydrogen) atoms. The van der Waals surface area contributed by atoms with Gasteiger partial charge in [0.1, 0.15) is 18.1 Å². The van der Waals surface area contributed by atoms with Crippen LogP contribution in [0.15, 0.2) is 76.6 Å². The van der Waals surface area contributed by atoms with E-state index in [1.807, 2.05) is 18.2 Å². The van der Waals surface area contributed by atoms with Gasteiger partial charge >= 0.3 is 4.87 Å². The van der Waals surface area contributed by atoms with Crippen LogP contribution in [0.2, 0.25) is 5.02 Å². The molecule has 1 N–H and O–H groups in total. The molecular weight excluding hydrogens is 616 g/mol. The minimum absolute atomic E-state index is 0.0125. The molecule has 2 saturated carbocycles. The molecule has 2 aliphatic carbocycles. The van der Waals surface area contributed by atoms with E-state index in [0.717, 1.165) is 27.5 Å². The fourth-order valence-corrected chi connectivity index (χ4v) is 11.2. The second-order valence-electron chi connectivity index (χ2n) is 12.1. The number of thiazole rings is 1. The van der Waals surface area contributed by atoms with Crippen molar-refractivity contribution in [3.8, 4) is 11.5 Å². The Labute approximate surface area is 267 Å². The molecule has 7 atom stereocenters. The molecule has 0 radical (unpaired) electrons. The quantitative estimate of drug-likeness (QED) is 0.236. The molecule has 224 valence electrons. The van der Waals surface area contributed by atoms with Gasteiger partial charge in [-0.1, -0.05) is 52.8 Å². The first-order valence-electron chi connectivity index (χ1n) is 14.7. The third-order valence-electron chi connectivity index (χ3n) is 9.88. The number of hydrogen-bond acceptors (Lipinski definition) is 7. The average Bonchev–Trinajstić information content (AvgIpc) is 3.76. The summed E-state index contributed by atoms with van der Waals surface area (Å²) in [5, 5.41) is 1.50. The first kappa shape index (κ1) is 28.0. The van der Waals surface area contributed by atoms with Gasteiger partial charge in [0.15, 0.2) is 0 Å². The molecule has 2 aliphatic heterocycles. The van der Waals surface area contributed by atoms with E-state index in [9.17, 15) is 14.4 Å². The highest BCUT2D eigenvalue weighted by atomic mass is 35.5. The van der Waals surface area contributed by atoms with Crippen LogP contribution >= 0.6 is 34.7 Å². The summed E-state index contributed by atoms with van der Waals surface area (Å²) in [6.45, 7) is 2.44. The number of carbonyl (C=O) groups excluding carboxylic acids is 2. The number of thioether (sulfide) groups is 1. The second kappa shape index (κ2) is 10.5. The zero-order chi connectivity index (χ0) is 30.3. The molecule has 0 spiro atoms. The number of halogens is 1. The monoisotopic (exact) mass is 644 g/mol. The van der Waals surface area contributed by atoms with Gasteiger partial charge < -0.3 is 14.5 Å². The van der Waals surface area contributed by atoms with Crippen molar-refractivity contribution in [2.75, 3.05) is 12.0 Å². The number of rotatable bonds is 6. The van der Waals surface area contributed by atoms with Gasteiger partial charge in [-0.2, -0.15) is 0 Å². The van der Waals surface area contributed by atoms with Gasteiger partial charge in [-0.3, -0.25) is 19.3 Å². The van der Waals surface area contributed by atoms with Crippen LogP contribution in [0.5, 0.6) is 11.5 Å². The number of carbonyl (C=O) groups is 2. The number of imide groups is 1. The third-order valence-corrected chi connectivity index (χ3v) is 12.7. The van der Waals surface area contributed by atoms with Crippen molar-refractivity contribution in [2.24, 2.45) is 29.6 Å². The van der Waals surface area contributed by atoms with E-state index < -0.39 is 5.92 Å². The molecule has 6 unspecified atom stereocenters. The summed E-state index contributed by atoms with van der Waals surface area (Å²) in [6, 6.07) is 21.0. The van der Waals surface area contributed by atoms with Gasteiger partial charge in [0, 0.05) is 26.6 Å². The van der Waals surface area contributed by atoms with Crippen LogP contribution in [0, 0.1) is 36.5 Å². The fraction of sp³-hybridized carbons (Fsp3) is 0.324. The Morgan fingerprint density at radius 1 is 0.955 bits per heavy atom. The molecule has 3 heterocycles. The molecule has 2 bridgehead atoms. The number of aromatic amines is 1. The maximum Gasteiger partial charge on any atom is 0.305 e. The van der Waals surface area contributed by atoms with Crippen LogP contribution in [-0.4, -0.2) is 29.2 Å². The third kappa shape index (κ3) is 4.27. The number of fused-ring (bicyclic) bond motifs is 9. The van der Waals surface area contributed by atoms with E-state index in [4.69, 9.17) is 21.1 Å². The number of aromatic nitrogens is 1. The molecular formula is C34H29ClN2O5S2. The maximum absolute atomic E-state index is 14.1. The number of aryl methyl sites for hydroxylation is 1. The predicted octanol–water partition coefficient (Wildman–Crippen LogP) is 6.66. The number of H-pyrrole nitrogens is 1. The minimum Gasteiger partial charge on any atom is -0.497 e. The van der Waals surface area contributed by atoms with Crippen molar-refractivity contribution in [2.45, 2.75) is 36.1 Å². The highest BCUT2D eigenvalue weighted by molar-refractivity contribution is 8.00. The van der Waals surface area contributed by atoms with Crippen molar-refractivity contribution in [3.63, 3.8) is 0 Å². The number of nitrogens with zero attached hydrogens (tertiary/aromatic N) is 1. The molecule has 1 aromatic heterocycles. The average molecular weight is 645 g/mol. The first-order valence-corrected chi connectivity index (χ1v) is 16.8. The molecule has 10 heteroatoms. The summed E-state index contributed by atoms with van der Waals surface area (Å²) in [4.78, 5) is 46.0. The van der Waals surface area contributed by atoms with E-state index in [-0.39, 0.29) is 51.5 Å². The highest BCUT2D eigenvalue weighted by Gasteiger charge is 2.69. The number of benzene rings is 3. The van der Waals surface area contributed by atoms with Gasteiger partial charge in [0.25, 0.3) is 0 Å². The Hall–Kier alpha value is -3.53. The van der Waals surface area contributed by atoms with E-state index in [1.54, 1.807) is 43.1 Å². The lowest BCUT2D eigenvalue weighted by Gasteiger charge is -2.43. The van der Waals surface area contributed by atoms with Crippen molar-refractivity contribution < 1.29 is 19.1 Å². The van der Waals surface area contributed by atoms with Crippen LogP contribution < -0.4 is 19.2 Å². The fourth-order valence-electron chi connectivity index (χ4n) is 8.09. The molecule has 3 aromatic carbocycles. The molecule has 3 fully saturated rings. The number of methoxy groups -OCH3 is 1. The predicted molar refractivity (Wildman–Crippen MR) is 171 cm³/mol. The Morgan fingerprint density at radius 2 is 1.68 bits per heavy atom. The van der Waals surface area contributed by atoms with Crippen molar-refractivity contribution in [3.05, 3.63) is 103 Å². The lowest BCUT2D eigenvalue weighted by atomic mass is 9.68. The Balaban J connectivity index is 1.18. The Kier molecular flexibility index (Phi) is 6.70. The summed E-state index contributed by atoms with van der Waals surface area (Å²) in [6.07, 6.45) is 0.807. The summed E-state index contributed by atoms with van der Waals surface area (Å²) in [5.74, 6) is 0.221. The maximum atomic E-state index is 14.1. The Morgan fingerprint density at radius 3 is 2.41 bits per heavy atom. The van der Waals surface area contributed by atoms with Gasteiger partial charge in [0.2, 0.25) is 11.8 Å². The minimum atomic E-state index is -0.396. The lowest BCUT2D eigenvalue weighted by molar-refractivity contribution is -0.123. The zero-order valence-electron chi connectivity index (χ0n) is 24.0. The number of ether oxygens (including phenoxy) is 2. The molecule has 4 aromatic rings. The van der Waals surface area contributed by atoms with Crippen molar-refractivity contribution in [1.82, 2.24) is 4.98 Å². The van der Waals surface area contributed by atoms with E-state index in [0.29, 0.717) is 28.8 Å². The van der Waals surface area contributed by atoms with Crippen molar-refractivity contribution in [1.29, 1.82) is 0 Å². The van der Waals surface area contributed by atoms with Crippen LogP contribution in [0.4, 0.5) is 5.69 Å². The molecule has 1 saturated heterocycles. The van der Waals surface area contributed by atoms with Gasteiger partial charge in [-0.05, 0) is 79.1 Å². The van der Waals surface area contributed by atoms with E-state index in [2.05, 4.69) is 36.2 Å². The van der Waals surface area contributed by atoms with Crippen LogP contribution in [-0.2, 0) is 16.2 Å². The summed E-state index contributed by atoms with van der Waals surface area (Å²) in [7, 11) is 1.59. The summed E-state index contributed by atoms with van der Waals surface area (Å²) < 4.78 is 11.7. The molecule has 8 rings (SSSR count). The van der Waals surface area contributed by atoms with Gasteiger partial charge in [-0.15, -0.1) is 11.8 Å². The van der Waals surface area contributed by atoms with Crippen LogP contribution in [0.1, 0.15) is 33.9 Å². The molecule has 2 amide bonds. The number of nitrogens with one attached hydrogen (secondary N) is 1. The highest BCUT2D eigenvalue weighted by Crippen LogP contribution is 2.69. The number of amides is 2. The van der Waals surface area contributed by atoms with E-state index >= 15 is 0 Å². The first-order chi connectivity index (χ1) is 21.3. The standard InChI is InChI=1S/C34H29ClN2O5S2/c1-16-3-5-17(6-4-16)15-42-24-12-7-18(35)13-21(24)25-26-22-14-23(29(26)43-31-30(25)44-34(40)36-31)28-27(22)32(38)37(33(28)39)19-8-10-20(41-2)11-9-19/h3-13,22-23,25-29H,14-15H2,1-2H3,(H,36,40)/t22?,23?,25-,26?,27?,28?,29?/m1/s1. The lowest BCUT2D eigenvalue weighted by Crippen LogP contribution is -2.42. The van der Waals surface area contributed by atoms with E-state index in [1.165, 1.54) is 21.8 Å². The van der Waals surface area contributed by atoms with Crippen LogP contribution in [0.3, 0.4) is 0 Å². The second-order valence-corrected chi connectivity index (χ2v) is 14.8. The van der Waals surface area contributed by atoms with Crippen molar-refractivity contribution >= 4 is 52.2 Å². The topological polar surface area (TPSA) is 88.7 Å².